The largest absolute Gasteiger partial charge is 0.394 e. The molecule has 1 atom stereocenters. The van der Waals surface area contributed by atoms with E-state index in [0.29, 0.717) is 24.1 Å². The number of aliphatic hydroxyl groups excluding tert-OH is 1. The molecule has 0 bridgehead atoms. The zero-order chi connectivity index (χ0) is 13.9. The lowest BCUT2D eigenvalue weighted by molar-refractivity contribution is 0.161. The molecule has 0 aliphatic rings. The average Bonchev–Trinajstić information content (AvgIpc) is 2.51. The van der Waals surface area contributed by atoms with Gasteiger partial charge in [-0.1, -0.05) is 27.7 Å². The zero-order valence-electron chi connectivity index (χ0n) is 12.1. The van der Waals surface area contributed by atoms with E-state index in [1.165, 1.54) is 0 Å². The van der Waals surface area contributed by atoms with Crippen LogP contribution in [0.25, 0.3) is 0 Å². The summed E-state index contributed by atoms with van der Waals surface area (Å²) in [5, 5.41) is 17.4. The molecule has 1 rings (SSSR count). The van der Waals surface area contributed by atoms with Crippen LogP contribution in [0, 0.1) is 5.92 Å². The second-order valence-electron chi connectivity index (χ2n) is 5.59. The minimum Gasteiger partial charge on any atom is -0.394 e. The van der Waals surface area contributed by atoms with E-state index in [1.54, 1.807) is 4.68 Å². The predicted octanol–water partition coefficient (Wildman–Crippen LogP) is 1.94. The Morgan fingerprint density at radius 1 is 1.33 bits per heavy atom. The maximum absolute atomic E-state index is 9.85. The molecule has 1 unspecified atom stereocenters. The van der Waals surface area contributed by atoms with Gasteiger partial charge in [-0.2, -0.15) is 5.10 Å². The van der Waals surface area contributed by atoms with Gasteiger partial charge in [0.15, 0.2) is 0 Å². The molecule has 0 fully saturated rings. The summed E-state index contributed by atoms with van der Waals surface area (Å²) in [6, 6.07) is 0. The Bertz CT molecular complexity index is 385. The van der Waals surface area contributed by atoms with Gasteiger partial charge in [0.2, 0.25) is 0 Å². The van der Waals surface area contributed by atoms with Crippen LogP contribution in [0.15, 0.2) is 0 Å². The van der Waals surface area contributed by atoms with Gasteiger partial charge in [0.05, 0.1) is 17.5 Å². The van der Waals surface area contributed by atoms with E-state index in [-0.39, 0.29) is 6.10 Å². The first-order valence-corrected chi connectivity index (χ1v) is 6.57. The first-order valence-electron chi connectivity index (χ1n) is 6.57. The van der Waals surface area contributed by atoms with Crippen molar-refractivity contribution in [2.24, 2.45) is 13.0 Å². The van der Waals surface area contributed by atoms with Gasteiger partial charge in [-0.05, 0) is 18.3 Å². The molecule has 104 valence electrons. The van der Waals surface area contributed by atoms with Gasteiger partial charge < -0.3 is 16.2 Å². The van der Waals surface area contributed by atoms with Crippen LogP contribution in [-0.2, 0) is 7.05 Å². The quantitative estimate of drug-likeness (QED) is 0.725. The van der Waals surface area contributed by atoms with Crippen molar-refractivity contribution in [2.75, 3.05) is 17.6 Å². The van der Waals surface area contributed by atoms with Gasteiger partial charge in [-0.25, -0.2) is 0 Å². The van der Waals surface area contributed by atoms with Gasteiger partial charge in [-0.3, -0.25) is 4.68 Å². The molecule has 0 aliphatic carbocycles. The Morgan fingerprint density at radius 2 is 1.94 bits per heavy atom. The molecular formula is C13H26N4O. The fourth-order valence-electron chi connectivity index (χ4n) is 2.04. The molecule has 0 saturated heterocycles. The van der Waals surface area contributed by atoms with Crippen LogP contribution in [0.4, 0.5) is 11.5 Å². The summed E-state index contributed by atoms with van der Waals surface area (Å²) in [5.41, 5.74) is 7.65. The van der Waals surface area contributed by atoms with E-state index in [2.05, 4.69) is 38.1 Å². The summed E-state index contributed by atoms with van der Waals surface area (Å²) in [7, 11) is 1.86. The van der Waals surface area contributed by atoms with Crippen molar-refractivity contribution in [1.82, 2.24) is 9.78 Å². The number of hydrogen-bond acceptors (Lipinski definition) is 4. The molecule has 0 amide bonds. The molecule has 0 radical (unpaired) electrons. The number of aliphatic hydroxyl groups is 1. The Labute approximate surface area is 109 Å². The number of nitrogens with one attached hydrogen (secondary N) is 1. The molecule has 0 aliphatic heterocycles. The molecule has 1 aromatic rings. The van der Waals surface area contributed by atoms with E-state index >= 15 is 0 Å². The van der Waals surface area contributed by atoms with Crippen LogP contribution in [0.2, 0.25) is 0 Å². The highest BCUT2D eigenvalue weighted by Crippen LogP contribution is 2.27. The Balaban J connectivity index is 2.68. The smallest absolute Gasteiger partial charge is 0.147 e. The van der Waals surface area contributed by atoms with Gasteiger partial charge >= 0.3 is 0 Å². The average molecular weight is 254 g/mol. The lowest BCUT2D eigenvalue weighted by Gasteiger charge is -2.15. The first kappa shape index (κ1) is 14.8. The fourth-order valence-corrected chi connectivity index (χ4v) is 2.04. The minimum absolute atomic E-state index is 0.298. The molecule has 0 aromatic carbocycles. The van der Waals surface area contributed by atoms with Crippen LogP contribution in [0.3, 0.4) is 0 Å². The highest BCUT2D eigenvalue weighted by atomic mass is 16.3. The van der Waals surface area contributed by atoms with Crippen LogP contribution in [0.5, 0.6) is 0 Å². The Hall–Kier alpha value is -1.23. The van der Waals surface area contributed by atoms with E-state index in [0.717, 1.165) is 17.9 Å². The highest BCUT2D eigenvalue weighted by molar-refractivity contribution is 5.65. The van der Waals surface area contributed by atoms with Crippen molar-refractivity contribution in [2.45, 2.75) is 46.1 Å². The second kappa shape index (κ2) is 6.09. The van der Waals surface area contributed by atoms with Crippen LogP contribution in [-0.4, -0.2) is 27.5 Å². The molecule has 1 aromatic heterocycles. The molecule has 1 heterocycles. The normalized spacial score (nSPS) is 13.3. The standard InChI is InChI=1S/C13H26N4O/c1-8(2)6-10(18)7-15-13-11(14)12(9(3)4)16-17(13)5/h8-10,15,18H,6-7,14H2,1-5H3. The third-order valence-corrected chi connectivity index (χ3v) is 2.91. The van der Waals surface area contributed by atoms with Gasteiger partial charge in [-0.15, -0.1) is 0 Å². The molecule has 5 nitrogen and oxygen atoms in total. The van der Waals surface area contributed by atoms with Gasteiger partial charge in [0.1, 0.15) is 5.82 Å². The maximum Gasteiger partial charge on any atom is 0.147 e. The molecular weight excluding hydrogens is 228 g/mol. The van der Waals surface area contributed by atoms with Crippen molar-refractivity contribution < 1.29 is 5.11 Å². The van der Waals surface area contributed by atoms with Crippen molar-refractivity contribution in [1.29, 1.82) is 0 Å². The number of anilines is 2. The number of hydrogen-bond donors (Lipinski definition) is 3. The highest BCUT2D eigenvalue weighted by Gasteiger charge is 2.16. The van der Waals surface area contributed by atoms with Crippen molar-refractivity contribution in [3.05, 3.63) is 5.69 Å². The summed E-state index contributed by atoms with van der Waals surface area (Å²) in [4.78, 5) is 0. The Morgan fingerprint density at radius 3 is 2.39 bits per heavy atom. The van der Waals surface area contributed by atoms with E-state index in [9.17, 15) is 5.11 Å². The topological polar surface area (TPSA) is 76.1 Å². The Kier molecular flexibility index (Phi) is 5.02. The predicted molar refractivity (Wildman–Crippen MR) is 75.7 cm³/mol. The summed E-state index contributed by atoms with van der Waals surface area (Å²) in [5.74, 6) is 1.57. The molecule has 4 N–H and O–H groups in total. The summed E-state index contributed by atoms with van der Waals surface area (Å²) in [6.45, 7) is 8.82. The lowest BCUT2D eigenvalue weighted by Crippen LogP contribution is -2.22. The summed E-state index contributed by atoms with van der Waals surface area (Å²) < 4.78 is 1.74. The van der Waals surface area contributed by atoms with E-state index in [1.807, 2.05) is 7.05 Å². The fraction of sp³-hybridized carbons (Fsp3) is 0.769. The van der Waals surface area contributed by atoms with Crippen LogP contribution in [0.1, 0.15) is 45.7 Å². The number of aryl methyl sites for hydroxylation is 1. The first-order chi connectivity index (χ1) is 8.32. The molecule has 0 spiro atoms. The van der Waals surface area contributed by atoms with Gasteiger partial charge in [0, 0.05) is 13.6 Å². The zero-order valence-corrected chi connectivity index (χ0v) is 12.1. The number of aromatic nitrogens is 2. The maximum atomic E-state index is 9.85. The third-order valence-electron chi connectivity index (χ3n) is 2.91. The van der Waals surface area contributed by atoms with Crippen molar-refractivity contribution in [3.63, 3.8) is 0 Å². The number of nitrogens with two attached hydrogens (primary N) is 1. The minimum atomic E-state index is -0.359. The van der Waals surface area contributed by atoms with Crippen molar-refractivity contribution >= 4 is 11.5 Å². The number of nitrogen functional groups attached to an aromatic ring is 1. The molecule has 0 saturated carbocycles. The van der Waals surface area contributed by atoms with E-state index < -0.39 is 0 Å². The molecule has 5 heteroatoms. The monoisotopic (exact) mass is 254 g/mol. The summed E-state index contributed by atoms with van der Waals surface area (Å²) >= 11 is 0. The second-order valence-corrected chi connectivity index (χ2v) is 5.59. The van der Waals surface area contributed by atoms with E-state index in [4.69, 9.17) is 5.73 Å². The lowest BCUT2D eigenvalue weighted by atomic mass is 10.1. The van der Waals surface area contributed by atoms with Crippen LogP contribution >= 0.6 is 0 Å². The summed E-state index contributed by atoms with van der Waals surface area (Å²) in [6.07, 6.45) is 0.420. The van der Waals surface area contributed by atoms with Gasteiger partial charge in [0.25, 0.3) is 0 Å². The van der Waals surface area contributed by atoms with Crippen molar-refractivity contribution in [3.8, 4) is 0 Å². The van der Waals surface area contributed by atoms with Crippen LogP contribution < -0.4 is 11.1 Å². The number of nitrogens with zero attached hydrogens (tertiary/aromatic N) is 2. The SMILES string of the molecule is CC(C)CC(O)CNc1c(N)c(C(C)C)nn1C. The number of rotatable bonds is 6. The third kappa shape index (κ3) is 3.63. The molecule has 18 heavy (non-hydrogen) atoms.